The van der Waals surface area contributed by atoms with Gasteiger partial charge in [0.15, 0.2) is 0 Å². The molecule has 1 saturated carbocycles. The Bertz CT molecular complexity index is 513. The summed E-state index contributed by atoms with van der Waals surface area (Å²) in [5.41, 5.74) is 2.58. The molecule has 0 N–H and O–H groups in total. The normalized spacial score (nSPS) is 16.3. The highest BCUT2D eigenvalue weighted by Gasteiger charge is 2.30. The molecule has 2 nitrogen and oxygen atoms in total. The molecule has 0 saturated heterocycles. The molecule has 0 bridgehead atoms. The molecule has 2 rings (SSSR count). The van der Waals surface area contributed by atoms with E-state index in [1.165, 1.54) is 56.2 Å². The minimum Gasteiger partial charge on any atom is -0.497 e. The lowest BCUT2D eigenvalue weighted by atomic mass is 9.95. The van der Waals surface area contributed by atoms with Crippen molar-refractivity contribution in [3.63, 3.8) is 0 Å². The van der Waals surface area contributed by atoms with Crippen LogP contribution in [0.2, 0.25) is 0 Å². The molecule has 0 aromatic heterocycles. The second kappa shape index (κ2) is 10.6. The van der Waals surface area contributed by atoms with Crippen molar-refractivity contribution in [2.24, 2.45) is 22.7 Å². The summed E-state index contributed by atoms with van der Waals surface area (Å²) >= 11 is 0. The van der Waals surface area contributed by atoms with Crippen LogP contribution >= 0.6 is 0 Å². The van der Waals surface area contributed by atoms with Crippen LogP contribution < -0.4 is 4.74 Å². The Morgan fingerprint density at radius 2 is 1.76 bits per heavy atom. The number of unbranched alkanes of at least 4 members (excludes halogenated alkanes) is 2. The molecule has 1 aliphatic carbocycles. The Hall–Kier alpha value is -1.31. The number of ether oxygens (including phenoxy) is 1. The minimum absolute atomic E-state index is 0.824. The van der Waals surface area contributed by atoms with Crippen molar-refractivity contribution < 1.29 is 4.74 Å². The molecule has 140 valence electrons. The molecular formula is C23H37NO. The van der Waals surface area contributed by atoms with E-state index in [1.54, 1.807) is 7.11 Å². The van der Waals surface area contributed by atoms with Crippen molar-refractivity contribution >= 4 is 5.71 Å². The zero-order valence-corrected chi connectivity index (χ0v) is 16.8. The van der Waals surface area contributed by atoms with Crippen molar-refractivity contribution in [2.45, 2.75) is 72.1 Å². The zero-order chi connectivity index (χ0) is 18.1. The molecule has 25 heavy (non-hydrogen) atoms. The van der Waals surface area contributed by atoms with Gasteiger partial charge in [-0.05, 0) is 61.6 Å². The summed E-state index contributed by atoms with van der Waals surface area (Å²) in [4.78, 5) is 4.94. The summed E-state index contributed by atoms with van der Waals surface area (Å²) in [6, 6.07) is 8.36. The third-order valence-electron chi connectivity index (χ3n) is 5.36. The predicted octanol–water partition coefficient (Wildman–Crippen LogP) is 6.33. The van der Waals surface area contributed by atoms with Gasteiger partial charge in [-0.2, -0.15) is 0 Å². The molecular weight excluding hydrogens is 306 g/mol. The van der Waals surface area contributed by atoms with Crippen molar-refractivity contribution in [1.29, 1.82) is 0 Å². The van der Waals surface area contributed by atoms with Gasteiger partial charge >= 0.3 is 0 Å². The van der Waals surface area contributed by atoms with Gasteiger partial charge in [-0.1, -0.05) is 51.7 Å². The molecule has 0 amide bonds. The van der Waals surface area contributed by atoms with Crippen molar-refractivity contribution in [1.82, 2.24) is 0 Å². The second-order valence-corrected chi connectivity index (χ2v) is 8.23. The van der Waals surface area contributed by atoms with Crippen molar-refractivity contribution in [3.8, 4) is 5.75 Å². The summed E-state index contributed by atoms with van der Waals surface area (Å²) in [5, 5.41) is 0. The van der Waals surface area contributed by atoms with Gasteiger partial charge in [-0.3, -0.25) is 4.99 Å². The Labute approximate surface area is 155 Å². The highest BCUT2D eigenvalue weighted by molar-refractivity contribution is 5.84. The van der Waals surface area contributed by atoms with Gasteiger partial charge in [0, 0.05) is 18.7 Å². The van der Waals surface area contributed by atoms with Crippen LogP contribution in [0.4, 0.5) is 0 Å². The largest absolute Gasteiger partial charge is 0.497 e. The lowest BCUT2D eigenvalue weighted by Crippen LogP contribution is -2.10. The standard InChI is InChI=1S/C23H37NO/c1-18(2)8-6-5-7-9-22(21-12-13-21)17-24-19(3)16-20-10-14-23(25-4)15-11-20/h10-11,14-15,18,21-22H,5-9,12-13,16-17H2,1-4H3. The van der Waals surface area contributed by atoms with E-state index in [1.807, 2.05) is 12.1 Å². The van der Waals surface area contributed by atoms with Gasteiger partial charge in [0.1, 0.15) is 5.75 Å². The van der Waals surface area contributed by atoms with E-state index < -0.39 is 0 Å². The van der Waals surface area contributed by atoms with Crippen LogP contribution in [0.1, 0.15) is 71.3 Å². The van der Waals surface area contributed by atoms with Crippen LogP contribution in [-0.4, -0.2) is 19.4 Å². The van der Waals surface area contributed by atoms with Gasteiger partial charge in [-0.15, -0.1) is 0 Å². The van der Waals surface area contributed by atoms with E-state index in [2.05, 4.69) is 32.9 Å². The summed E-state index contributed by atoms with van der Waals surface area (Å²) < 4.78 is 5.22. The molecule has 0 heterocycles. The summed E-state index contributed by atoms with van der Waals surface area (Å²) in [6.07, 6.45) is 10.8. The maximum atomic E-state index is 5.22. The maximum absolute atomic E-state index is 5.22. The third-order valence-corrected chi connectivity index (χ3v) is 5.36. The number of methoxy groups -OCH3 is 1. The smallest absolute Gasteiger partial charge is 0.118 e. The lowest BCUT2D eigenvalue weighted by molar-refractivity contribution is 0.409. The van der Waals surface area contributed by atoms with E-state index >= 15 is 0 Å². The van der Waals surface area contributed by atoms with Crippen molar-refractivity contribution in [2.75, 3.05) is 13.7 Å². The molecule has 1 aromatic rings. The molecule has 0 aliphatic heterocycles. The highest BCUT2D eigenvalue weighted by Crippen LogP contribution is 2.39. The van der Waals surface area contributed by atoms with Gasteiger partial charge in [0.05, 0.1) is 7.11 Å². The second-order valence-electron chi connectivity index (χ2n) is 8.23. The van der Waals surface area contributed by atoms with Crippen LogP contribution in [-0.2, 0) is 6.42 Å². The first-order chi connectivity index (χ1) is 12.1. The molecule has 1 atom stereocenters. The number of aliphatic imine (C=N–C) groups is 1. The number of hydrogen-bond donors (Lipinski definition) is 0. The highest BCUT2D eigenvalue weighted by atomic mass is 16.5. The summed E-state index contributed by atoms with van der Waals surface area (Å²) in [5.74, 6) is 3.56. The van der Waals surface area contributed by atoms with Gasteiger partial charge < -0.3 is 4.74 Å². The SMILES string of the molecule is COc1ccc(CC(C)=NCC(CCCCCC(C)C)C2CC2)cc1. The molecule has 1 unspecified atom stereocenters. The number of rotatable bonds is 12. The fraction of sp³-hybridized carbons (Fsp3) is 0.696. The van der Waals surface area contributed by atoms with Crippen molar-refractivity contribution in [3.05, 3.63) is 29.8 Å². The number of benzene rings is 1. The molecule has 1 aliphatic rings. The fourth-order valence-electron chi connectivity index (χ4n) is 3.55. The topological polar surface area (TPSA) is 21.6 Å². The van der Waals surface area contributed by atoms with Crippen LogP contribution in [0, 0.1) is 17.8 Å². The molecule has 1 aromatic carbocycles. The first-order valence-corrected chi connectivity index (χ1v) is 10.2. The van der Waals surface area contributed by atoms with E-state index in [0.29, 0.717) is 0 Å². The fourth-order valence-corrected chi connectivity index (χ4v) is 3.55. The first kappa shape index (κ1) is 20.0. The average Bonchev–Trinajstić information content (AvgIpc) is 3.42. The average molecular weight is 344 g/mol. The maximum Gasteiger partial charge on any atom is 0.118 e. The van der Waals surface area contributed by atoms with Crippen LogP contribution in [0.15, 0.2) is 29.3 Å². The number of hydrogen-bond acceptors (Lipinski definition) is 2. The summed E-state index contributed by atoms with van der Waals surface area (Å²) in [7, 11) is 1.71. The van der Waals surface area contributed by atoms with Crippen LogP contribution in [0.25, 0.3) is 0 Å². The third kappa shape index (κ3) is 8.07. The summed E-state index contributed by atoms with van der Waals surface area (Å²) in [6.45, 7) is 7.87. The molecule has 0 spiro atoms. The van der Waals surface area contributed by atoms with Gasteiger partial charge in [0.25, 0.3) is 0 Å². The molecule has 1 fully saturated rings. The Kier molecular flexibility index (Phi) is 8.51. The molecule has 0 radical (unpaired) electrons. The van der Waals surface area contributed by atoms with E-state index in [4.69, 9.17) is 9.73 Å². The van der Waals surface area contributed by atoms with Gasteiger partial charge in [0.2, 0.25) is 0 Å². The Balaban J connectivity index is 1.73. The minimum atomic E-state index is 0.824. The quantitative estimate of drug-likeness (QED) is 0.321. The lowest BCUT2D eigenvalue weighted by Gasteiger charge is -2.14. The van der Waals surface area contributed by atoms with Crippen LogP contribution in [0.5, 0.6) is 5.75 Å². The van der Waals surface area contributed by atoms with E-state index in [9.17, 15) is 0 Å². The number of nitrogens with zero attached hydrogens (tertiary/aromatic N) is 1. The first-order valence-electron chi connectivity index (χ1n) is 10.2. The van der Waals surface area contributed by atoms with E-state index in [-0.39, 0.29) is 0 Å². The monoisotopic (exact) mass is 343 g/mol. The van der Waals surface area contributed by atoms with Gasteiger partial charge in [-0.25, -0.2) is 0 Å². The van der Waals surface area contributed by atoms with E-state index in [0.717, 1.165) is 36.5 Å². The zero-order valence-electron chi connectivity index (χ0n) is 16.8. The molecule has 2 heteroatoms. The Morgan fingerprint density at radius 1 is 1.08 bits per heavy atom. The predicted molar refractivity (Wildman–Crippen MR) is 109 cm³/mol. The van der Waals surface area contributed by atoms with Crippen LogP contribution in [0.3, 0.4) is 0 Å². The Morgan fingerprint density at radius 3 is 2.36 bits per heavy atom.